The Bertz CT molecular complexity index is 334. The van der Waals surface area contributed by atoms with Crippen molar-refractivity contribution < 1.29 is 0 Å². The molecule has 0 amide bonds. The second-order valence-electron chi connectivity index (χ2n) is 1.80. The number of rotatable bonds is 0. The highest BCUT2D eigenvalue weighted by atomic mass is 16.1. The highest BCUT2D eigenvalue weighted by Crippen LogP contribution is 1.96. The predicted octanol–water partition coefficient (Wildman–Crippen LogP) is -0.171. The molecule has 10 heavy (non-hydrogen) atoms. The first-order valence-electron chi connectivity index (χ1n) is 2.62. The zero-order valence-electron chi connectivity index (χ0n) is 5.09. The second kappa shape index (κ2) is 2.23. The molecule has 1 aromatic rings. The van der Waals surface area contributed by atoms with Crippen molar-refractivity contribution in [1.82, 2.24) is 4.98 Å². The van der Waals surface area contributed by atoms with E-state index in [2.05, 4.69) is 4.98 Å². The predicted molar refractivity (Wildman–Crippen MR) is 36.2 cm³/mol. The molecule has 0 fully saturated rings. The summed E-state index contributed by atoms with van der Waals surface area (Å²) in [5.41, 5.74) is 5.40. The van der Waals surface area contributed by atoms with Crippen molar-refractivity contribution in [2.24, 2.45) is 0 Å². The van der Waals surface area contributed by atoms with Gasteiger partial charge in [0.05, 0.1) is 0 Å². The van der Waals surface area contributed by atoms with Gasteiger partial charge < -0.3 is 10.7 Å². The van der Waals surface area contributed by atoms with E-state index in [-0.39, 0.29) is 11.3 Å². The number of nitrogens with zero attached hydrogens (tertiary/aromatic N) is 1. The molecule has 0 aliphatic carbocycles. The average Bonchev–Trinajstić information content (AvgIpc) is 1.85. The summed E-state index contributed by atoms with van der Waals surface area (Å²) >= 11 is 0. The molecule has 0 saturated carbocycles. The molecule has 0 unspecified atom stereocenters. The van der Waals surface area contributed by atoms with Crippen molar-refractivity contribution in [3.8, 4) is 6.07 Å². The Kier molecular flexibility index (Phi) is 1.42. The zero-order valence-corrected chi connectivity index (χ0v) is 5.09. The first-order chi connectivity index (χ1) is 4.72. The fourth-order valence-corrected chi connectivity index (χ4v) is 0.625. The van der Waals surface area contributed by atoms with Crippen molar-refractivity contribution in [3.05, 3.63) is 28.2 Å². The minimum absolute atomic E-state index is 0.185. The van der Waals surface area contributed by atoms with Crippen LogP contribution in [0, 0.1) is 11.3 Å². The molecule has 0 aromatic carbocycles. The van der Waals surface area contributed by atoms with Gasteiger partial charge in [0, 0.05) is 11.8 Å². The van der Waals surface area contributed by atoms with Crippen LogP contribution in [-0.2, 0) is 0 Å². The summed E-state index contributed by atoms with van der Waals surface area (Å²) in [5, 5.41) is 8.31. The molecule has 50 valence electrons. The average molecular weight is 135 g/mol. The largest absolute Gasteiger partial charge is 0.398 e. The lowest BCUT2D eigenvalue weighted by Crippen LogP contribution is -2.07. The number of aromatic nitrogens is 1. The van der Waals surface area contributed by atoms with E-state index in [4.69, 9.17) is 11.0 Å². The Morgan fingerprint density at radius 2 is 2.30 bits per heavy atom. The Labute approximate surface area is 56.9 Å². The molecule has 0 atom stereocenters. The van der Waals surface area contributed by atoms with Crippen LogP contribution in [-0.4, -0.2) is 4.98 Å². The van der Waals surface area contributed by atoms with Crippen LogP contribution in [0.5, 0.6) is 0 Å². The fraction of sp³-hybridized carbons (Fsp3) is 0. The number of hydrogen-bond donors (Lipinski definition) is 2. The van der Waals surface area contributed by atoms with Crippen molar-refractivity contribution in [1.29, 1.82) is 5.26 Å². The van der Waals surface area contributed by atoms with Gasteiger partial charge in [-0.25, -0.2) is 0 Å². The van der Waals surface area contributed by atoms with Crippen LogP contribution in [0.15, 0.2) is 16.9 Å². The molecule has 0 radical (unpaired) electrons. The maximum atomic E-state index is 10.6. The van der Waals surface area contributed by atoms with Crippen LogP contribution in [0.4, 0.5) is 5.69 Å². The maximum Gasteiger partial charge on any atom is 0.250 e. The van der Waals surface area contributed by atoms with Gasteiger partial charge in [-0.1, -0.05) is 0 Å². The Hall–Kier alpha value is -1.76. The monoisotopic (exact) mass is 135 g/mol. The number of pyridine rings is 1. The second-order valence-corrected chi connectivity index (χ2v) is 1.80. The van der Waals surface area contributed by atoms with E-state index in [1.165, 1.54) is 12.1 Å². The number of anilines is 1. The number of H-pyrrole nitrogens is 1. The quantitative estimate of drug-likeness (QED) is 0.518. The normalized spacial score (nSPS) is 8.70. The summed E-state index contributed by atoms with van der Waals surface area (Å²) in [6.07, 6.45) is 0. The summed E-state index contributed by atoms with van der Waals surface area (Å²) in [6.45, 7) is 0. The first-order valence-corrected chi connectivity index (χ1v) is 2.62. The molecule has 1 rings (SSSR count). The molecule has 4 nitrogen and oxygen atoms in total. The molecule has 1 heterocycles. The van der Waals surface area contributed by atoms with Crippen molar-refractivity contribution in [3.63, 3.8) is 0 Å². The van der Waals surface area contributed by atoms with Crippen LogP contribution >= 0.6 is 0 Å². The maximum absolute atomic E-state index is 10.6. The lowest BCUT2D eigenvalue weighted by molar-refractivity contribution is 1.20. The number of nitriles is 1. The van der Waals surface area contributed by atoms with Gasteiger partial charge in [-0.2, -0.15) is 5.26 Å². The van der Waals surface area contributed by atoms with Gasteiger partial charge in [-0.15, -0.1) is 0 Å². The van der Waals surface area contributed by atoms with E-state index in [0.717, 1.165) is 0 Å². The van der Waals surface area contributed by atoms with Crippen LogP contribution in [0.3, 0.4) is 0 Å². The highest BCUT2D eigenvalue weighted by molar-refractivity contribution is 5.40. The third-order valence-electron chi connectivity index (χ3n) is 0.987. The van der Waals surface area contributed by atoms with Gasteiger partial charge in [0.2, 0.25) is 0 Å². The molecule has 4 heteroatoms. The summed E-state index contributed by atoms with van der Waals surface area (Å²) in [7, 11) is 0. The number of aromatic amines is 1. The van der Waals surface area contributed by atoms with E-state index < -0.39 is 0 Å². The molecule has 1 aromatic heterocycles. The van der Waals surface area contributed by atoms with Crippen LogP contribution in [0.25, 0.3) is 0 Å². The molecule has 0 aliphatic heterocycles. The first kappa shape index (κ1) is 6.36. The van der Waals surface area contributed by atoms with Crippen molar-refractivity contribution in [2.75, 3.05) is 5.73 Å². The van der Waals surface area contributed by atoms with Gasteiger partial charge in [-0.3, -0.25) is 4.79 Å². The van der Waals surface area contributed by atoms with Crippen LogP contribution in [0.1, 0.15) is 5.69 Å². The molecule has 0 aliphatic rings. The lowest BCUT2D eigenvalue weighted by atomic mass is 10.3. The summed E-state index contributed by atoms with van der Waals surface area (Å²) in [4.78, 5) is 12.9. The minimum Gasteiger partial charge on any atom is -0.398 e. The summed E-state index contributed by atoms with van der Waals surface area (Å²) < 4.78 is 0. The van der Waals surface area contributed by atoms with Gasteiger partial charge in [0.15, 0.2) is 0 Å². The number of hydrogen-bond acceptors (Lipinski definition) is 3. The van der Waals surface area contributed by atoms with Crippen LogP contribution < -0.4 is 11.3 Å². The van der Waals surface area contributed by atoms with Crippen LogP contribution in [0.2, 0.25) is 0 Å². The minimum atomic E-state index is -0.350. The molecule has 3 N–H and O–H groups in total. The molecule has 0 spiro atoms. The topological polar surface area (TPSA) is 82.7 Å². The van der Waals surface area contributed by atoms with E-state index >= 15 is 0 Å². The lowest BCUT2D eigenvalue weighted by Gasteiger charge is -1.89. The smallest absolute Gasteiger partial charge is 0.250 e. The van der Waals surface area contributed by atoms with Crippen molar-refractivity contribution in [2.45, 2.75) is 0 Å². The van der Waals surface area contributed by atoms with E-state index in [0.29, 0.717) is 5.69 Å². The Morgan fingerprint density at radius 1 is 1.60 bits per heavy atom. The molecule has 0 saturated heterocycles. The third kappa shape index (κ3) is 1.14. The number of nitrogens with one attached hydrogen (secondary N) is 1. The molecular formula is C6H5N3O. The Morgan fingerprint density at radius 3 is 2.80 bits per heavy atom. The van der Waals surface area contributed by atoms with E-state index in [9.17, 15) is 4.79 Å². The van der Waals surface area contributed by atoms with E-state index in [1.54, 1.807) is 6.07 Å². The summed E-state index contributed by atoms with van der Waals surface area (Å²) in [6, 6.07) is 4.40. The summed E-state index contributed by atoms with van der Waals surface area (Å²) in [5.74, 6) is 0. The molecule has 0 bridgehead atoms. The third-order valence-corrected chi connectivity index (χ3v) is 0.987. The van der Waals surface area contributed by atoms with Gasteiger partial charge in [0.1, 0.15) is 11.8 Å². The standard InChI is InChI=1S/C6H5N3O/c7-3-5-1-4(8)2-6(10)9-5/h1-2H,(H3,8,9,10). The highest BCUT2D eigenvalue weighted by Gasteiger charge is 1.91. The van der Waals surface area contributed by atoms with E-state index in [1.807, 2.05) is 0 Å². The number of nitrogen functional groups attached to an aromatic ring is 1. The van der Waals surface area contributed by atoms with Gasteiger partial charge in [-0.05, 0) is 6.07 Å². The van der Waals surface area contributed by atoms with Gasteiger partial charge in [0.25, 0.3) is 5.56 Å². The van der Waals surface area contributed by atoms with Gasteiger partial charge >= 0.3 is 0 Å². The Balaban J connectivity index is 3.36. The number of nitrogens with two attached hydrogens (primary N) is 1. The zero-order chi connectivity index (χ0) is 7.56. The SMILES string of the molecule is N#Cc1cc(N)cc(=O)[nH]1. The van der Waals surface area contributed by atoms with Crippen molar-refractivity contribution >= 4 is 5.69 Å². The fourth-order valence-electron chi connectivity index (χ4n) is 0.625. The molecular weight excluding hydrogens is 130 g/mol.